The fraction of sp³-hybridized carbons (Fsp3) is 1.00. The van der Waals surface area contributed by atoms with Crippen LogP contribution in [-0.2, 0) is 10.8 Å². The average Bonchev–Trinajstić information content (AvgIpc) is 1.96. The highest BCUT2D eigenvalue weighted by molar-refractivity contribution is 7.85. The molecule has 1 aliphatic heterocycles. The van der Waals surface area contributed by atoms with Gasteiger partial charge in [0.15, 0.2) is 0 Å². The van der Waals surface area contributed by atoms with E-state index in [2.05, 4.69) is 13.8 Å². The molecule has 0 radical (unpaired) electrons. The summed E-state index contributed by atoms with van der Waals surface area (Å²) >= 11 is 0. The van der Waals surface area contributed by atoms with Crippen LogP contribution in [0.25, 0.3) is 0 Å². The smallest absolute Gasteiger partial charge is 0.0319 e. The average molecular weight is 160 g/mol. The van der Waals surface area contributed by atoms with Crippen LogP contribution in [0.1, 0.15) is 33.1 Å². The Labute approximate surface area is 65.7 Å². The molecule has 1 nitrogen and oxygen atoms in total. The first-order chi connectivity index (χ1) is 4.70. The molecule has 0 aromatic rings. The minimum atomic E-state index is -0.532. The predicted octanol–water partition coefficient (Wildman–Crippen LogP) is 1.94. The Morgan fingerprint density at radius 1 is 1.30 bits per heavy atom. The molecule has 0 aliphatic carbocycles. The van der Waals surface area contributed by atoms with Gasteiger partial charge in [0, 0.05) is 21.8 Å². The maximum atomic E-state index is 11.3. The Balaban J connectivity index is 2.49. The number of rotatable bonds is 0. The van der Waals surface area contributed by atoms with Crippen LogP contribution >= 0.6 is 0 Å². The molecule has 3 unspecified atom stereocenters. The Hall–Kier alpha value is 0.150. The van der Waals surface area contributed by atoms with E-state index in [0.717, 1.165) is 12.2 Å². The quantitative estimate of drug-likeness (QED) is 0.529. The lowest BCUT2D eigenvalue weighted by molar-refractivity contribution is 0.559. The molecule has 2 heteroatoms. The minimum Gasteiger partial charge on any atom is -0.259 e. The van der Waals surface area contributed by atoms with Crippen LogP contribution in [0, 0.1) is 5.92 Å². The molecule has 0 saturated carbocycles. The summed E-state index contributed by atoms with van der Waals surface area (Å²) in [5.41, 5.74) is 0. The largest absolute Gasteiger partial charge is 0.259 e. The zero-order valence-electron chi connectivity index (χ0n) is 6.80. The van der Waals surface area contributed by atoms with Gasteiger partial charge in [0.1, 0.15) is 0 Å². The number of hydrogen-bond donors (Lipinski definition) is 0. The highest BCUT2D eigenvalue weighted by Crippen LogP contribution is 2.19. The first kappa shape index (κ1) is 8.25. The maximum Gasteiger partial charge on any atom is 0.0319 e. The fourth-order valence-corrected chi connectivity index (χ4v) is 2.90. The van der Waals surface area contributed by atoms with Gasteiger partial charge in [-0.25, -0.2) is 0 Å². The van der Waals surface area contributed by atoms with Crippen molar-refractivity contribution in [3.63, 3.8) is 0 Å². The van der Waals surface area contributed by atoms with Gasteiger partial charge in [-0.2, -0.15) is 0 Å². The van der Waals surface area contributed by atoms with E-state index >= 15 is 0 Å². The van der Waals surface area contributed by atoms with Gasteiger partial charge in [0.05, 0.1) is 0 Å². The molecule has 1 saturated heterocycles. The Bertz CT molecular complexity index is 133. The van der Waals surface area contributed by atoms with Crippen molar-refractivity contribution in [1.29, 1.82) is 0 Å². The van der Waals surface area contributed by atoms with Crippen LogP contribution in [0.15, 0.2) is 0 Å². The molecule has 0 aromatic carbocycles. The van der Waals surface area contributed by atoms with E-state index in [1.54, 1.807) is 0 Å². The van der Waals surface area contributed by atoms with Crippen molar-refractivity contribution in [3.05, 3.63) is 0 Å². The second-order valence-electron chi connectivity index (χ2n) is 3.39. The van der Waals surface area contributed by atoms with Gasteiger partial charge in [0.25, 0.3) is 0 Å². The lowest BCUT2D eigenvalue weighted by Crippen LogP contribution is -2.13. The van der Waals surface area contributed by atoms with Crippen LogP contribution < -0.4 is 0 Å². The van der Waals surface area contributed by atoms with Gasteiger partial charge in [0.2, 0.25) is 0 Å². The zero-order chi connectivity index (χ0) is 7.56. The topological polar surface area (TPSA) is 17.1 Å². The van der Waals surface area contributed by atoms with Crippen molar-refractivity contribution < 1.29 is 4.21 Å². The maximum absolute atomic E-state index is 11.3. The molecule has 1 heterocycles. The molecule has 1 aliphatic rings. The third-order valence-corrected chi connectivity index (χ3v) is 4.24. The van der Waals surface area contributed by atoms with Crippen LogP contribution in [0.4, 0.5) is 0 Å². The van der Waals surface area contributed by atoms with Gasteiger partial charge in [-0.05, 0) is 18.8 Å². The Morgan fingerprint density at radius 2 is 2.00 bits per heavy atom. The third-order valence-electron chi connectivity index (χ3n) is 2.21. The SMILES string of the molecule is CC1CCCC(C)S(=O)C1. The molecular formula is C8H16OS. The van der Waals surface area contributed by atoms with E-state index in [1.165, 1.54) is 12.8 Å². The molecule has 0 bridgehead atoms. The second kappa shape index (κ2) is 3.51. The molecular weight excluding hydrogens is 144 g/mol. The summed E-state index contributed by atoms with van der Waals surface area (Å²) in [5.74, 6) is 1.62. The Kier molecular flexibility index (Phi) is 2.90. The van der Waals surface area contributed by atoms with E-state index in [1.807, 2.05) is 0 Å². The predicted molar refractivity (Wildman–Crippen MR) is 45.5 cm³/mol. The molecule has 0 spiro atoms. The first-order valence-electron chi connectivity index (χ1n) is 4.07. The van der Waals surface area contributed by atoms with E-state index < -0.39 is 10.8 Å². The van der Waals surface area contributed by atoms with Crippen molar-refractivity contribution in [2.24, 2.45) is 5.92 Å². The summed E-state index contributed by atoms with van der Waals surface area (Å²) in [6.07, 6.45) is 3.71. The fourth-order valence-electron chi connectivity index (χ4n) is 1.41. The third kappa shape index (κ3) is 2.08. The minimum absolute atomic E-state index is 0.449. The van der Waals surface area contributed by atoms with Crippen molar-refractivity contribution in [2.75, 3.05) is 5.75 Å². The van der Waals surface area contributed by atoms with Gasteiger partial charge in [-0.15, -0.1) is 0 Å². The van der Waals surface area contributed by atoms with Crippen LogP contribution in [-0.4, -0.2) is 15.2 Å². The summed E-state index contributed by atoms with van der Waals surface area (Å²) in [6, 6.07) is 0. The molecule has 0 N–H and O–H groups in total. The highest BCUT2D eigenvalue weighted by Gasteiger charge is 2.18. The normalized spacial score (nSPS) is 42.8. The second-order valence-corrected chi connectivity index (χ2v) is 5.29. The molecule has 10 heavy (non-hydrogen) atoms. The lowest BCUT2D eigenvalue weighted by Gasteiger charge is -2.06. The van der Waals surface area contributed by atoms with E-state index in [4.69, 9.17) is 0 Å². The summed E-state index contributed by atoms with van der Waals surface area (Å²) < 4.78 is 11.3. The van der Waals surface area contributed by atoms with Gasteiger partial charge < -0.3 is 0 Å². The molecule has 3 atom stereocenters. The Morgan fingerprint density at radius 3 is 2.70 bits per heavy atom. The van der Waals surface area contributed by atoms with Crippen molar-refractivity contribution in [2.45, 2.75) is 38.4 Å². The van der Waals surface area contributed by atoms with Crippen molar-refractivity contribution in [1.82, 2.24) is 0 Å². The van der Waals surface area contributed by atoms with Gasteiger partial charge >= 0.3 is 0 Å². The summed E-state index contributed by atoms with van der Waals surface area (Å²) in [4.78, 5) is 0. The molecule has 0 amide bonds. The summed E-state index contributed by atoms with van der Waals surface area (Å²) in [7, 11) is -0.532. The summed E-state index contributed by atoms with van der Waals surface area (Å²) in [6.45, 7) is 4.31. The van der Waals surface area contributed by atoms with E-state index in [9.17, 15) is 4.21 Å². The monoisotopic (exact) mass is 160 g/mol. The van der Waals surface area contributed by atoms with Gasteiger partial charge in [-0.1, -0.05) is 20.3 Å². The van der Waals surface area contributed by atoms with Crippen molar-refractivity contribution in [3.8, 4) is 0 Å². The zero-order valence-corrected chi connectivity index (χ0v) is 7.62. The molecule has 1 fully saturated rings. The lowest BCUT2D eigenvalue weighted by atomic mass is 10.1. The standard InChI is InChI=1S/C8H16OS/c1-7-4-3-5-8(2)10(9)6-7/h7-8H,3-6H2,1-2H3. The highest BCUT2D eigenvalue weighted by atomic mass is 32.2. The van der Waals surface area contributed by atoms with Crippen molar-refractivity contribution >= 4 is 10.8 Å². The van der Waals surface area contributed by atoms with Crippen LogP contribution in [0.2, 0.25) is 0 Å². The van der Waals surface area contributed by atoms with E-state index in [0.29, 0.717) is 11.2 Å². The first-order valence-corrected chi connectivity index (χ1v) is 5.45. The van der Waals surface area contributed by atoms with Crippen LogP contribution in [0.3, 0.4) is 0 Å². The summed E-state index contributed by atoms with van der Waals surface area (Å²) in [5, 5.41) is 0.449. The number of hydrogen-bond acceptors (Lipinski definition) is 1. The molecule has 60 valence electrons. The molecule has 1 rings (SSSR count). The van der Waals surface area contributed by atoms with E-state index in [-0.39, 0.29) is 0 Å². The molecule has 0 aromatic heterocycles. The van der Waals surface area contributed by atoms with Crippen LogP contribution in [0.5, 0.6) is 0 Å². The van der Waals surface area contributed by atoms with Gasteiger partial charge in [-0.3, -0.25) is 4.21 Å².